The summed E-state index contributed by atoms with van der Waals surface area (Å²) in [5.74, 6) is 0. The van der Waals surface area contributed by atoms with Crippen molar-refractivity contribution in [2.75, 3.05) is 0 Å². The van der Waals surface area contributed by atoms with E-state index in [0.717, 1.165) is 0 Å². The lowest BCUT2D eigenvalue weighted by atomic mass is 10.5. The molecule has 0 unspecified atom stereocenters. The molecule has 282 valence electrons. The Morgan fingerprint density at radius 3 is 0.638 bits per heavy atom. The average Bonchev–Trinajstić information content (AvgIpc) is 2.89. The van der Waals surface area contributed by atoms with Gasteiger partial charge >= 0.3 is 17.1 Å². The molecule has 0 fully saturated rings. The molecule has 0 rings (SSSR count). The maximum atomic E-state index is 8.23. The number of hydrogen-bond donors (Lipinski definition) is 0. The van der Waals surface area contributed by atoms with Gasteiger partial charge in [0.05, 0.1) is 0 Å². The van der Waals surface area contributed by atoms with Crippen LogP contribution in [0.3, 0.4) is 0 Å². The molecule has 47 heavy (non-hydrogen) atoms. The van der Waals surface area contributed by atoms with Crippen molar-refractivity contribution in [1.29, 1.82) is 0 Å². The Kier molecular flexibility index (Phi) is 20.2. The topological polar surface area (TPSA) is 36.9 Å². The molecule has 0 aliphatic carbocycles. The fourth-order valence-corrected chi connectivity index (χ4v) is 63.1. The van der Waals surface area contributed by atoms with Gasteiger partial charge in [-0.2, -0.15) is 0 Å². The summed E-state index contributed by atoms with van der Waals surface area (Å²) in [6.07, 6.45) is 0. The molecule has 0 heterocycles. The fourth-order valence-electron chi connectivity index (χ4n) is 7.56. The first kappa shape index (κ1) is 48.5. The predicted molar refractivity (Wildman–Crippen MR) is 228 cm³/mol. The number of hydrogen-bond acceptors (Lipinski definition) is 5. The van der Waals surface area contributed by atoms with E-state index in [4.69, 9.17) is 16.5 Å². The Morgan fingerprint density at radius 1 is 0.319 bits per heavy atom. The molecule has 0 aliphatic heterocycles. The van der Waals surface area contributed by atoms with Gasteiger partial charge in [-0.3, -0.25) is 0 Å². The lowest BCUT2D eigenvalue weighted by molar-refractivity contribution is 0.333. The van der Waals surface area contributed by atoms with Crippen molar-refractivity contribution in [3.8, 4) is 0 Å². The zero-order chi connectivity index (χ0) is 37.6. The highest BCUT2D eigenvalue weighted by Gasteiger charge is 2.63. The molecular formula is C36H84O4SSi6. The highest BCUT2D eigenvalue weighted by Crippen LogP contribution is 2.58. The van der Waals surface area contributed by atoms with Crippen LogP contribution in [-0.4, -0.2) is 50.1 Å². The summed E-state index contributed by atoms with van der Waals surface area (Å²) in [5.41, 5.74) is 5.30. The second-order valence-corrected chi connectivity index (χ2v) is 49.0. The summed E-state index contributed by atoms with van der Waals surface area (Å²) in [6.45, 7) is 57.8. The highest BCUT2D eigenvalue weighted by atomic mass is 32.5. The van der Waals surface area contributed by atoms with E-state index in [2.05, 4.69) is 177 Å². The first-order valence-electron chi connectivity index (χ1n) is 19.4. The molecule has 0 aromatic carbocycles. The normalized spacial score (nSPS) is 14.9. The molecule has 0 aliphatic rings. The van der Waals surface area contributed by atoms with E-state index in [1.807, 2.05) is 0 Å². The van der Waals surface area contributed by atoms with Gasteiger partial charge in [-0.05, 0) is 66.5 Å². The molecule has 2 radical (unpaired) electrons. The van der Waals surface area contributed by atoms with Crippen LogP contribution in [0.2, 0.25) is 66.5 Å². The monoisotopic (exact) mass is 780 g/mol. The Hall–Kier alpha value is 1.49. The van der Waals surface area contributed by atoms with E-state index in [0.29, 0.717) is 66.5 Å². The minimum absolute atomic E-state index is 0.366. The summed E-state index contributed by atoms with van der Waals surface area (Å²) in [4.78, 5) is 0. The van der Waals surface area contributed by atoms with Gasteiger partial charge in [-0.15, -0.1) is 10.7 Å². The molecule has 0 bridgehead atoms. The Labute approximate surface area is 308 Å². The van der Waals surface area contributed by atoms with E-state index < -0.39 is 50.1 Å². The highest BCUT2D eigenvalue weighted by molar-refractivity contribution is 8.49. The molecule has 0 N–H and O–H groups in total. The van der Waals surface area contributed by atoms with Crippen LogP contribution < -0.4 is 0 Å². The molecule has 0 aromatic rings. The van der Waals surface area contributed by atoms with Gasteiger partial charge in [0.25, 0.3) is 0 Å². The van der Waals surface area contributed by atoms with Gasteiger partial charge in [-0.1, -0.05) is 166 Å². The molecule has 11 heteroatoms. The van der Waals surface area contributed by atoms with Crippen LogP contribution in [0.15, 0.2) is 0 Å². The van der Waals surface area contributed by atoms with Crippen LogP contribution in [0.5, 0.6) is 0 Å². The summed E-state index contributed by atoms with van der Waals surface area (Å²) in [6, 6.07) is 0. The first-order valence-corrected chi connectivity index (χ1v) is 32.8. The minimum Gasteiger partial charge on any atom is -0.435 e. The Morgan fingerprint density at radius 2 is 0.511 bits per heavy atom. The Bertz CT molecular complexity index is 775. The van der Waals surface area contributed by atoms with Crippen molar-refractivity contribution in [3.05, 3.63) is 0 Å². The predicted octanol–water partition coefficient (Wildman–Crippen LogP) is 14.5. The van der Waals surface area contributed by atoms with Gasteiger partial charge in [0.15, 0.2) is 0 Å². The molecule has 0 atom stereocenters. The fraction of sp³-hybridized carbons (Fsp3) is 1.00. The van der Waals surface area contributed by atoms with Crippen LogP contribution in [0.4, 0.5) is 0 Å². The minimum atomic E-state index is -2.69. The van der Waals surface area contributed by atoms with E-state index in [9.17, 15) is 0 Å². The van der Waals surface area contributed by atoms with E-state index >= 15 is 0 Å². The largest absolute Gasteiger partial charge is 0.435 e. The lowest BCUT2D eigenvalue weighted by Gasteiger charge is -2.56. The smallest absolute Gasteiger partial charge is 0.323 e. The zero-order valence-electron chi connectivity index (χ0n) is 36.0. The van der Waals surface area contributed by atoms with Gasteiger partial charge in [0.2, 0.25) is 33.0 Å². The summed E-state index contributed by atoms with van der Waals surface area (Å²) in [7, 11) is -10.4. The van der Waals surface area contributed by atoms with Crippen LogP contribution in [0.1, 0.15) is 166 Å². The second kappa shape index (κ2) is 19.5. The van der Waals surface area contributed by atoms with Crippen molar-refractivity contribution in [2.45, 2.75) is 233 Å². The summed E-state index contributed by atoms with van der Waals surface area (Å²) in [5, 5.41) is 0. The van der Waals surface area contributed by atoms with Crippen molar-refractivity contribution >= 4 is 60.8 Å². The maximum Gasteiger partial charge on any atom is 0.323 e. The molecule has 0 spiro atoms. The molecule has 0 amide bonds. The van der Waals surface area contributed by atoms with Crippen molar-refractivity contribution in [3.63, 3.8) is 0 Å². The van der Waals surface area contributed by atoms with Crippen LogP contribution >= 0.6 is 10.7 Å². The SMILES string of the molecule is CC(C)[Si](O[Si](O[Si](S[Si](O[Si](O[Si](C(C)C)C(C)C)(C(C)C)C(C)C)(C(C)C)C(C)C)(C(C)C)C(C)C)(C(C)C)C(C)C)C(C)C. The van der Waals surface area contributed by atoms with E-state index in [1.165, 1.54) is 0 Å². The van der Waals surface area contributed by atoms with Gasteiger partial charge < -0.3 is 16.5 Å². The Balaban J connectivity index is 7.88. The van der Waals surface area contributed by atoms with Crippen molar-refractivity contribution in [2.24, 2.45) is 0 Å². The van der Waals surface area contributed by atoms with E-state index in [-0.39, 0.29) is 0 Å². The molecule has 0 aromatic heterocycles. The van der Waals surface area contributed by atoms with Crippen molar-refractivity contribution in [1.82, 2.24) is 0 Å². The van der Waals surface area contributed by atoms with Gasteiger partial charge in [0.1, 0.15) is 0 Å². The second-order valence-electron chi connectivity index (χ2n) is 18.1. The standard InChI is InChI=1S/C36H84O4SSi6/c1-25(2)42(26(3)4)37-44(29(9)10,30(11)12)39-46(33(17)18,34(19)20)41-47(35(21)22,36(23)24)40-45(31(13)14,32(15)16)38-43(27(5)6)28(7)8/h25-36H,1-24H3. The van der Waals surface area contributed by atoms with Crippen molar-refractivity contribution < 1.29 is 16.5 Å². The van der Waals surface area contributed by atoms with Gasteiger partial charge in [-0.25, -0.2) is 0 Å². The van der Waals surface area contributed by atoms with Crippen LogP contribution in [0, 0.1) is 0 Å². The maximum absolute atomic E-state index is 8.23. The van der Waals surface area contributed by atoms with Crippen LogP contribution in [-0.2, 0) is 16.5 Å². The molecule has 0 saturated heterocycles. The summed E-state index contributed by atoms with van der Waals surface area (Å²) >= 11 is 0. The van der Waals surface area contributed by atoms with E-state index in [1.54, 1.807) is 0 Å². The third-order valence-electron chi connectivity index (χ3n) is 10.2. The lowest BCUT2D eigenvalue weighted by Crippen LogP contribution is -2.65. The third kappa shape index (κ3) is 11.2. The zero-order valence-corrected chi connectivity index (χ0v) is 42.8. The molecular weight excluding hydrogens is 697 g/mol. The summed E-state index contributed by atoms with van der Waals surface area (Å²) < 4.78 is 31.8. The number of rotatable bonds is 22. The molecule has 0 saturated carbocycles. The van der Waals surface area contributed by atoms with Crippen LogP contribution in [0.25, 0.3) is 0 Å². The average molecular weight is 782 g/mol. The first-order chi connectivity index (χ1) is 21.1. The van der Waals surface area contributed by atoms with Gasteiger partial charge in [0, 0.05) is 0 Å². The quantitative estimate of drug-likeness (QED) is 0.102. The molecule has 4 nitrogen and oxygen atoms in total. The third-order valence-corrected chi connectivity index (χ3v) is 52.6.